The number of amides is 1. The predicted octanol–water partition coefficient (Wildman–Crippen LogP) is 14.9. The molecule has 0 bridgehead atoms. The largest absolute Gasteiger partial charge is 0.391 e. The summed E-state index contributed by atoms with van der Waals surface area (Å²) < 4.78 is 32.7. The Morgan fingerprint density at radius 3 is 1.09 bits per heavy atom. The molecule has 1 amide bonds. The van der Waals surface area contributed by atoms with Gasteiger partial charge in [0.25, 0.3) is 10.1 Å². The first-order chi connectivity index (χ1) is 26.8. The molecule has 0 saturated heterocycles. The number of carbonyl (C=O) groups is 1. The maximum Gasteiger partial charge on any atom is 0.266 e. The van der Waals surface area contributed by atoms with E-state index in [1.165, 1.54) is 205 Å². The van der Waals surface area contributed by atoms with Crippen LogP contribution in [0.3, 0.4) is 0 Å². The first-order valence-corrected chi connectivity index (χ1v) is 26.0. The van der Waals surface area contributed by atoms with Crippen LogP contribution in [0.1, 0.15) is 271 Å². The summed E-state index contributed by atoms with van der Waals surface area (Å²) >= 11 is 0. The zero-order valence-electron chi connectivity index (χ0n) is 36.8. The molecule has 3 N–H and O–H groups in total. The number of rotatable bonds is 45. The van der Waals surface area contributed by atoms with Crippen LogP contribution in [0, 0.1) is 0 Å². The molecule has 0 rings (SSSR count). The molecule has 0 spiro atoms. The molecule has 0 aliphatic heterocycles. The van der Waals surface area contributed by atoms with E-state index in [-0.39, 0.29) is 5.91 Å². The standard InChI is InChI=1S/C48H95NO5S/c1-3-5-7-9-11-13-15-17-19-21-23-24-26-28-30-32-34-36-38-40-42-44-48(51)49-46(45-55(52,53)54)47(50)43-41-39-37-35-33-31-29-27-25-22-20-18-16-14-12-10-8-6-4-2/h21,23,46-47,50H,3-20,22,24-45H2,1-2H3,(H,49,51)(H,52,53,54)/b23-21-. The second kappa shape index (κ2) is 42.7. The van der Waals surface area contributed by atoms with Gasteiger partial charge in [0.1, 0.15) is 0 Å². The number of carbonyl (C=O) groups excluding carboxylic acids is 1. The fraction of sp³-hybridized carbons (Fsp3) is 0.938. The van der Waals surface area contributed by atoms with Gasteiger partial charge in [0.2, 0.25) is 5.91 Å². The van der Waals surface area contributed by atoms with E-state index in [1.807, 2.05) is 0 Å². The third-order valence-electron chi connectivity index (χ3n) is 11.5. The molecule has 0 heterocycles. The van der Waals surface area contributed by atoms with Gasteiger partial charge in [-0.05, 0) is 38.5 Å². The van der Waals surface area contributed by atoms with Gasteiger partial charge in [0.15, 0.2) is 0 Å². The second-order valence-electron chi connectivity index (χ2n) is 17.1. The van der Waals surface area contributed by atoms with Crippen molar-refractivity contribution in [3.8, 4) is 0 Å². The number of allylic oxidation sites excluding steroid dienone is 2. The van der Waals surface area contributed by atoms with Crippen LogP contribution in [0.15, 0.2) is 12.2 Å². The maximum absolute atomic E-state index is 12.6. The number of hydrogen-bond donors (Lipinski definition) is 3. The van der Waals surface area contributed by atoms with Crippen molar-refractivity contribution >= 4 is 16.0 Å². The molecule has 0 saturated carbocycles. The van der Waals surface area contributed by atoms with E-state index < -0.39 is 28.0 Å². The summed E-state index contributed by atoms with van der Waals surface area (Å²) in [7, 11) is -4.31. The van der Waals surface area contributed by atoms with Crippen molar-refractivity contribution in [2.24, 2.45) is 0 Å². The van der Waals surface area contributed by atoms with Crippen LogP contribution in [-0.4, -0.2) is 41.9 Å². The number of unbranched alkanes of at least 4 members (excludes halogenated alkanes) is 35. The van der Waals surface area contributed by atoms with Gasteiger partial charge in [0.05, 0.1) is 17.9 Å². The molecule has 7 heteroatoms. The van der Waals surface area contributed by atoms with Crippen molar-refractivity contribution in [3.05, 3.63) is 12.2 Å². The van der Waals surface area contributed by atoms with Crippen LogP contribution in [0.4, 0.5) is 0 Å². The van der Waals surface area contributed by atoms with Crippen molar-refractivity contribution in [2.75, 3.05) is 5.75 Å². The highest BCUT2D eigenvalue weighted by Gasteiger charge is 2.26. The minimum absolute atomic E-state index is 0.243. The molecule has 0 aromatic carbocycles. The van der Waals surface area contributed by atoms with E-state index in [4.69, 9.17) is 0 Å². The smallest absolute Gasteiger partial charge is 0.266 e. The first kappa shape index (κ1) is 54.1. The number of aliphatic hydroxyl groups is 1. The minimum Gasteiger partial charge on any atom is -0.391 e. The van der Waals surface area contributed by atoms with Crippen molar-refractivity contribution in [1.82, 2.24) is 5.32 Å². The number of nitrogens with one attached hydrogen (secondary N) is 1. The van der Waals surface area contributed by atoms with Gasteiger partial charge >= 0.3 is 0 Å². The Hall–Kier alpha value is -0.920. The Morgan fingerprint density at radius 2 is 0.764 bits per heavy atom. The van der Waals surface area contributed by atoms with Gasteiger partial charge < -0.3 is 10.4 Å². The second-order valence-corrected chi connectivity index (χ2v) is 18.6. The fourth-order valence-corrected chi connectivity index (χ4v) is 8.56. The molecule has 0 aromatic heterocycles. The molecule has 0 fully saturated rings. The minimum atomic E-state index is -4.31. The van der Waals surface area contributed by atoms with Crippen molar-refractivity contribution in [2.45, 2.75) is 283 Å². The van der Waals surface area contributed by atoms with E-state index in [0.717, 1.165) is 38.5 Å². The first-order valence-electron chi connectivity index (χ1n) is 24.4. The van der Waals surface area contributed by atoms with Crippen LogP contribution in [-0.2, 0) is 14.9 Å². The fourth-order valence-electron chi connectivity index (χ4n) is 7.80. The predicted molar refractivity (Wildman–Crippen MR) is 240 cm³/mol. The lowest BCUT2D eigenvalue weighted by molar-refractivity contribution is -0.122. The van der Waals surface area contributed by atoms with E-state index in [2.05, 4.69) is 31.3 Å². The zero-order valence-corrected chi connectivity index (χ0v) is 37.6. The molecule has 0 aromatic rings. The molecular weight excluding hydrogens is 703 g/mol. The Labute approximate surface area is 343 Å². The van der Waals surface area contributed by atoms with Gasteiger partial charge in [-0.2, -0.15) is 8.42 Å². The van der Waals surface area contributed by atoms with Crippen LogP contribution < -0.4 is 5.32 Å². The summed E-state index contributed by atoms with van der Waals surface area (Å²) in [6.07, 6.45) is 53.1. The van der Waals surface area contributed by atoms with Gasteiger partial charge in [-0.3, -0.25) is 9.35 Å². The third kappa shape index (κ3) is 44.0. The number of hydrogen-bond acceptors (Lipinski definition) is 4. The van der Waals surface area contributed by atoms with Crippen LogP contribution in [0.2, 0.25) is 0 Å². The summed E-state index contributed by atoms with van der Waals surface area (Å²) in [5, 5.41) is 13.4. The highest BCUT2D eigenvalue weighted by Crippen LogP contribution is 2.17. The molecule has 0 aliphatic rings. The Bertz CT molecular complexity index is 923. The lowest BCUT2D eigenvalue weighted by Crippen LogP contribution is -2.47. The molecule has 328 valence electrons. The van der Waals surface area contributed by atoms with E-state index in [0.29, 0.717) is 12.8 Å². The lowest BCUT2D eigenvalue weighted by atomic mass is 10.0. The Kier molecular flexibility index (Phi) is 42.0. The van der Waals surface area contributed by atoms with Crippen LogP contribution >= 0.6 is 0 Å². The number of aliphatic hydroxyl groups excluding tert-OH is 1. The van der Waals surface area contributed by atoms with E-state index >= 15 is 0 Å². The summed E-state index contributed by atoms with van der Waals surface area (Å²) in [5.74, 6) is -0.887. The van der Waals surface area contributed by atoms with E-state index in [9.17, 15) is 22.9 Å². The average Bonchev–Trinajstić information content (AvgIpc) is 3.15. The SMILES string of the molecule is CCCCCCCCCC/C=C\CCCCCCCCCCCC(=O)NC(CS(=O)(=O)O)C(O)CCCCCCCCCCCCCCCCCCCCC. The maximum atomic E-state index is 12.6. The lowest BCUT2D eigenvalue weighted by Gasteiger charge is -2.23. The molecule has 2 unspecified atom stereocenters. The highest BCUT2D eigenvalue weighted by molar-refractivity contribution is 7.85. The van der Waals surface area contributed by atoms with Gasteiger partial charge in [0, 0.05) is 6.42 Å². The third-order valence-corrected chi connectivity index (χ3v) is 12.3. The Balaban J connectivity index is 3.75. The molecule has 0 radical (unpaired) electrons. The monoisotopic (exact) mass is 798 g/mol. The quantitative estimate of drug-likeness (QED) is 0.0323. The normalized spacial score (nSPS) is 13.2. The highest BCUT2D eigenvalue weighted by atomic mass is 32.2. The zero-order chi connectivity index (χ0) is 40.3. The van der Waals surface area contributed by atoms with Crippen molar-refractivity contribution in [3.63, 3.8) is 0 Å². The van der Waals surface area contributed by atoms with Gasteiger partial charge in [-0.25, -0.2) is 0 Å². The summed E-state index contributed by atoms with van der Waals surface area (Å²) in [6, 6.07) is -0.969. The molecule has 55 heavy (non-hydrogen) atoms. The van der Waals surface area contributed by atoms with E-state index in [1.54, 1.807) is 0 Å². The van der Waals surface area contributed by atoms with Crippen molar-refractivity contribution in [1.29, 1.82) is 0 Å². The summed E-state index contributed by atoms with van der Waals surface area (Å²) in [5.41, 5.74) is 0. The van der Waals surface area contributed by atoms with Gasteiger partial charge in [-0.15, -0.1) is 0 Å². The summed E-state index contributed by atoms with van der Waals surface area (Å²) in [4.78, 5) is 12.6. The molecular formula is C48H95NO5S. The van der Waals surface area contributed by atoms with Gasteiger partial charge in [-0.1, -0.05) is 238 Å². The molecule has 2 atom stereocenters. The Morgan fingerprint density at radius 1 is 0.473 bits per heavy atom. The van der Waals surface area contributed by atoms with Crippen LogP contribution in [0.25, 0.3) is 0 Å². The molecule has 6 nitrogen and oxygen atoms in total. The molecule has 0 aliphatic carbocycles. The van der Waals surface area contributed by atoms with Crippen LogP contribution in [0.5, 0.6) is 0 Å². The van der Waals surface area contributed by atoms with Crippen molar-refractivity contribution < 1.29 is 22.9 Å². The average molecular weight is 798 g/mol. The topological polar surface area (TPSA) is 104 Å². The summed E-state index contributed by atoms with van der Waals surface area (Å²) in [6.45, 7) is 4.55.